The minimum absolute atomic E-state index is 0.493. The number of para-hydroxylation sites is 1. The molecule has 0 N–H and O–H groups in total. The minimum atomic E-state index is 0.493. The average molecular weight is 194 g/mol. The highest BCUT2D eigenvalue weighted by molar-refractivity contribution is 7.98. The quantitative estimate of drug-likeness (QED) is 0.683. The van der Waals surface area contributed by atoms with Gasteiger partial charge in [-0.2, -0.15) is 0 Å². The van der Waals surface area contributed by atoms with Crippen molar-refractivity contribution in [1.82, 2.24) is 0 Å². The van der Waals surface area contributed by atoms with Crippen LogP contribution >= 0.6 is 11.8 Å². The molecule has 0 saturated heterocycles. The van der Waals surface area contributed by atoms with Gasteiger partial charge in [0.1, 0.15) is 5.75 Å². The van der Waals surface area contributed by atoms with Crippen LogP contribution < -0.4 is 4.74 Å². The van der Waals surface area contributed by atoms with Crippen LogP contribution in [0.3, 0.4) is 0 Å². The third-order valence-corrected chi connectivity index (χ3v) is 2.97. The Bertz CT molecular complexity index is 305. The molecular weight excluding hydrogens is 180 g/mol. The van der Waals surface area contributed by atoms with Crippen molar-refractivity contribution >= 4 is 11.8 Å². The fourth-order valence-electron chi connectivity index (χ4n) is 1.29. The third kappa shape index (κ3) is 1.99. The smallest absolute Gasteiger partial charge is 0.136 e. The molecule has 1 aromatic carbocycles. The van der Waals surface area contributed by atoms with Crippen molar-refractivity contribution in [3.63, 3.8) is 0 Å². The number of aryl methyl sites for hydroxylation is 1. The molecule has 70 valence electrons. The van der Waals surface area contributed by atoms with Crippen LogP contribution in [-0.4, -0.2) is 12.4 Å². The minimum Gasteiger partial charge on any atom is -0.489 e. The first kappa shape index (κ1) is 8.95. The number of benzene rings is 1. The van der Waals surface area contributed by atoms with Crippen molar-refractivity contribution in [2.75, 3.05) is 6.26 Å². The molecule has 1 aromatic rings. The van der Waals surface area contributed by atoms with Gasteiger partial charge in [0.25, 0.3) is 0 Å². The summed E-state index contributed by atoms with van der Waals surface area (Å²) in [5.41, 5.74) is 1.25. The summed E-state index contributed by atoms with van der Waals surface area (Å²) in [6.07, 6.45) is 5.03. The van der Waals surface area contributed by atoms with Crippen LogP contribution in [0.5, 0.6) is 5.75 Å². The Balaban J connectivity index is 2.27. The highest BCUT2D eigenvalue weighted by Gasteiger charge is 2.25. The first-order valence-corrected chi connectivity index (χ1v) is 5.84. The maximum Gasteiger partial charge on any atom is 0.136 e. The van der Waals surface area contributed by atoms with Gasteiger partial charge in [0.2, 0.25) is 0 Å². The molecule has 0 amide bonds. The summed E-state index contributed by atoms with van der Waals surface area (Å²) in [7, 11) is 0. The molecule has 0 atom stereocenters. The van der Waals surface area contributed by atoms with Crippen LogP contribution in [0, 0.1) is 6.92 Å². The van der Waals surface area contributed by atoms with Gasteiger partial charge in [0, 0.05) is 4.90 Å². The highest BCUT2D eigenvalue weighted by atomic mass is 32.2. The number of rotatable bonds is 3. The lowest BCUT2D eigenvalue weighted by Crippen LogP contribution is -1.99. The second kappa shape index (κ2) is 3.62. The molecule has 0 heterocycles. The predicted molar refractivity (Wildman–Crippen MR) is 56.6 cm³/mol. The van der Waals surface area contributed by atoms with Crippen molar-refractivity contribution in [2.24, 2.45) is 0 Å². The first-order chi connectivity index (χ1) is 6.31. The summed E-state index contributed by atoms with van der Waals surface area (Å²) in [6.45, 7) is 2.11. The maximum absolute atomic E-state index is 5.86. The van der Waals surface area contributed by atoms with Gasteiger partial charge in [-0.15, -0.1) is 11.8 Å². The average Bonchev–Trinajstić information content (AvgIpc) is 2.92. The number of ether oxygens (including phenoxy) is 1. The van der Waals surface area contributed by atoms with Crippen LogP contribution in [0.2, 0.25) is 0 Å². The van der Waals surface area contributed by atoms with E-state index in [2.05, 4.69) is 31.4 Å². The van der Waals surface area contributed by atoms with Crippen molar-refractivity contribution in [3.05, 3.63) is 23.8 Å². The molecule has 1 aliphatic carbocycles. The van der Waals surface area contributed by atoms with E-state index in [1.54, 1.807) is 11.8 Å². The van der Waals surface area contributed by atoms with Gasteiger partial charge in [-0.1, -0.05) is 12.1 Å². The summed E-state index contributed by atoms with van der Waals surface area (Å²) in [5, 5.41) is 0. The molecule has 0 radical (unpaired) electrons. The van der Waals surface area contributed by atoms with Crippen LogP contribution in [0.1, 0.15) is 18.4 Å². The molecule has 0 aromatic heterocycles. The standard InChI is InChI=1S/C11H14OS/c1-8-4-3-5-10(13-2)11(8)12-9-6-7-9/h3-5,9H,6-7H2,1-2H3. The molecule has 0 aliphatic heterocycles. The predicted octanol–water partition coefficient (Wildman–Crippen LogP) is 3.26. The lowest BCUT2D eigenvalue weighted by atomic mass is 10.2. The lowest BCUT2D eigenvalue weighted by Gasteiger charge is -2.11. The Hall–Kier alpha value is -0.630. The molecule has 0 bridgehead atoms. The van der Waals surface area contributed by atoms with Crippen LogP contribution in [-0.2, 0) is 0 Å². The zero-order valence-corrected chi connectivity index (χ0v) is 8.86. The highest BCUT2D eigenvalue weighted by Crippen LogP contribution is 2.35. The molecule has 0 unspecified atom stereocenters. The number of hydrogen-bond acceptors (Lipinski definition) is 2. The zero-order valence-electron chi connectivity index (χ0n) is 8.04. The summed E-state index contributed by atoms with van der Waals surface area (Å²) in [5.74, 6) is 1.09. The number of thioether (sulfide) groups is 1. The van der Waals surface area contributed by atoms with Crippen LogP contribution in [0.15, 0.2) is 23.1 Å². The molecule has 1 aliphatic rings. The molecule has 13 heavy (non-hydrogen) atoms. The van der Waals surface area contributed by atoms with Crippen molar-refractivity contribution in [1.29, 1.82) is 0 Å². The Labute approximate surface area is 83.5 Å². The van der Waals surface area contributed by atoms with E-state index in [1.807, 2.05) is 0 Å². The summed E-state index contributed by atoms with van der Waals surface area (Å²) in [6, 6.07) is 6.31. The first-order valence-electron chi connectivity index (χ1n) is 4.61. The van der Waals surface area contributed by atoms with E-state index >= 15 is 0 Å². The topological polar surface area (TPSA) is 9.23 Å². The Morgan fingerprint density at radius 1 is 1.38 bits per heavy atom. The molecule has 1 fully saturated rings. The van der Waals surface area contributed by atoms with Gasteiger partial charge in [-0.05, 0) is 37.7 Å². The Kier molecular flexibility index (Phi) is 2.49. The Morgan fingerprint density at radius 2 is 2.15 bits per heavy atom. The maximum atomic E-state index is 5.86. The van der Waals surface area contributed by atoms with E-state index < -0.39 is 0 Å². The summed E-state index contributed by atoms with van der Waals surface area (Å²) < 4.78 is 5.86. The molecule has 2 rings (SSSR count). The summed E-state index contributed by atoms with van der Waals surface area (Å²) >= 11 is 1.75. The normalized spacial score (nSPS) is 15.8. The van der Waals surface area contributed by atoms with Crippen molar-refractivity contribution < 1.29 is 4.74 Å². The Morgan fingerprint density at radius 3 is 2.77 bits per heavy atom. The molecular formula is C11H14OS. The SMILES string of the molecule is CSc1cccc(C)c1OC1CC1. The zero-order chi connectivity index (χ0) is 9.26. The lowest BCUT2D eigenvalue weighted by molar-refractivity contribution is 0.294. The van der Waals surface area contributed by atoms with E-state index in [1.165, 1.54) is 23.3 Å². The van der Waals surface area contributed by atoms with Gasteiger partial charge in [0.05, 0.1) is 6.10 Å². The van der Waals surface area contributed by atoms with Gasteiger partial charge in [0.15, 0.2) is 0 Å². The van der Waals surface area contributed by atoms with Crippen LogP contribution in [0.25, 0.3) is 0 Å². The van der Waals surface area contributed by atoms with Gasteiger partial charge in [-0.25, -0.2) is 0 Å². The van der Waals surface area contributed by atoms with E-state index in [-0.39, 0.29) is 0 Å². The van der Waals surface area contributed by atoms with Crippen molar-refractivity contribution in [3.8, 4) is 5.75 Å². The second-order valence-electron chi connectivity index (χ2n) is 3.42. The van der Waals surface area contributed by atoms with Gasteiger partial charge < -0.3 is 4.74 Å². The number of hydrogen-bond donors (Lipinski definition) is 0. The fraction of sp³-hybridized carbons (Fsp3) is 0.455. The molecule has 1 saturated carbocycles. The third-order valence-electron chi connectivity index (χ3n) is 2.20. The summed E-state index contributed by atoms with van der Waals surface area (Å²) in [4.78, 5) is 1.26. The van der Waals surface area contributed by atoms with Crippen molar-refractivity contribution in [2.45, 2.75) is 30.8 Å². The molecule has 1 nitrogen and oxygen atoms in total. The monoisotopic (exact) mass is 194 g/mol. The van der Waals surface area contributed by atoms with E-state index in [0.717, 1.165) is 5.75 Å². The second-order valence-corrected chi connectivity index (χ2v) is 4.27. The largest absolute Gasteiger partial charge is 0.489 e. The fourth-order valence-corrected chi connectivity index (χ4v) is 1.90. The van der Waals surface area contributed by atoms with Gasteiger partial charge >= 0.3 is 0 Å². The van der Waals surface area contributed by atoms with Gasteiger partial charge in [-0.3, -0.25) is 0 Å². The molecule has 2 heteroatoms. The van der Waals surface area contributed by atoms with E-state index in [9.17, 15) is 0 Å². The van der Waals surface area contributed by atoms with E-state index in [4.69, 9.17) is 4.74 Å². The molecule has 0 spiro atoms. The van der Waals surface area contributed by atoms with Crippen LogP contribution in [0.4, 0.5) is 0 Å². The van der Waals surface area contributed by atoms with E-state index in [0.29, 0.717) is 6.10 Å².